The lowest BCUT2D eigenvalue weighted by Crippen LogP contribution is -2.47. The van der Waals surface area contributed by atoms with Gasteiger partial charge in [0.1, 0.15) is 26.4 Å². The Balaban J connectivity index is 0.960. The van der Waals surface area contributed by atoms with Crippen molar-refractivity contribution in [3.05, 3.63) is 326 Å². The number of hydrogen-bond donors (Lipinski definition) is 0. The molecule has 0 unspecified atom stereocenters. The number of hydrogen-bond acceptors (Lipinski definition) is 15. The smallest absolute Gasteiger partial charge is 0.334 e. The standard InChI is InChI=1S/C76H46N2O12S/c79-67-55-29-47-25-13-14-26-48(47)30-56(55)68(80)65(67)77-63-35-51-33-61-53(37-59(51)75(63,71(83)87-39-43-17-5-1-6-18-43)72(84)88-40-44-19-7-2-8-20-44)54-38-60-52(34-62(54)91-61)36-64(78-66-69(81)57-31-49-27-15-16-28-50(49)32-58(57)70(66)82)76(60,73(85)89-41-45-21-9-3-10-22-45)74(86)90-42-46-23-11-4-12-24-46/h1-38H,39-42H2. The van der Waals surface area contributed by atoms with Crippen LogP contribution in [0.3, 0.4) is 0 Å². The average Bonchev–Trinajstić information content (AvgIpc) is 1.56. The first-order chi connectivity index (χ1) is 44.4. The summed E-state index contributed by atoms with van der Waals surface area (Å²) in [6.45, 7) is -1.22. The van der Waals surface area contributed by atoms with Crippen LogP contribution < -0.4 is 32.4 Å². The largest absolute Gasteiger partial charge is 0.459 e. The highest BCUT2D eigenvalue weighted by Crippen LogP contribution is 2.52. The third-order valence-electron chi connectivity index (χ3n) is 17.1. The number of thiophene rings is 1. The van der Waals surface area contributed by atoms with Gasteiger partial charge in [0.25, 0.3) is 0 Å². The second kappa shape index (κ2) is 22.2. The maximum atomic E-state index is 15.7. The van der Waals surface area contributed by atoms with Crippen LogP contribution in [0.15, 0.2) is 259 Å². The first-order valence-corrected chi connectivity index (χ1v) is 30.0. The minimum Gasteiger partial charge on any atom is -0.459 e. The van der Waals surface area contributed by atoms with Crippen molar-refractivity contribution in [2.75, 3.05) is 0 Å². The van der Waals surface area contributed by atoms with Gasteiger partial charge in [-0.1, -0.05) is 170 Å². The Bertz CT molecular complexity index is 5060. The molecule has 0 bridgehead atoms. The van der Waals surface area contributed by atoms with Crippen molar-refractivity contribution >= 4 is 111 Å². The molecule has 13 aromatic rings. The van der Waals surface area contributed by atoms with Gasteiger partial charge in [-0.2, -0.15) is 0 Å². The predicted molar refractivity (Wildman–Crippen MR) is 347 cm³/mol. The quantitative estimate of drug-likeness (QED) is 0.0568. The molecule has 0 atom stereocenters. The SMILES string of the molecule is O=C(OCc1ccccc1)C1(C(=O)OCc2ccccc2)C(N=c2c(=O)c3cc4ccccc4cc3c2=O)=Cc2cc3sc4cc5c(cc4c3cc21)C(C(=O)OCc1ccccc1)(C(=O)OCc1ccccc1)C(N=c1c(=O)c2cc3ccccc3cc2c1=O)=C5. The first kappa shape index (κ1) is 55.9. The summed E-state index contributed by atoms with van der Waals surface area (Å²) in [6.07, 6.45) is 2.97. The maximum Gasteiger partial charge on any atom is 0.334 e. The number of ether oxygens (including phenoxy) is 4. The number of benzene rings is 10. The van der Waals surface area contributed by atoms with E-state index < -0.39 is 67.1 Å². The van der Waals surface area contributed by atoms with E-state index in [1.165, 1.54) is 23.5 Å². The van der Waals surface area contributed by atoms with E-state index in [1.807, 2.05) is 48.5 Å². The van der Waals surface area contributed by atoms with Crippen LogP contribution in [0, 0.1) is 0 Å². The topological polar surface area (TPSA) is 198 Å². The molecule has 0 N–H and O–H groups in total. The van der Waals surface area contributed by atoms with Gasteiger partial charge in [0.2, 0.25) is 32.5 Å². The number of nitrogens with zero attached hydrogens (tertiary/aromatic N) is 2. The van der Waals surface area contributed by atoms with Crippen LogP contribution in [0.25, 0.3) is 75.4 Å². The van der Waals surface area contributed by atoms with E-state index in [9.17, 15) is 19.2 Å². The van der Waals surface area contributed by atoms with Gasteiger partial charge in [0.05, 0.1) is 11.4 Å². The zero-order valence-corrected chi connectivity index (χ0v) is 48.8. The molecule has 91 heavy (non-hydrogen) atoms. The van der Waals surface area contributed by atoms with Crippen LogP contribution in [0.2, 0.25) is 0 Å². The Morgan fingerprint density at radius 1 is 0.330 bits per heavy atom. The summed E-state index contributed by atoms with van der Waals surface area (Å²) < 4.78 is 25.9. The minimum absolute atomic E-state index is 0.0309. The van der Waals surface area contributed by atoms with Gasteiger partial charge in [-0.15, -0.1) is 11.3 Å². The van der Waals surface area contributed by atoms with Crippen LogP contribution in [0.1, 0.15) is 44.5 Å². The van der Waals surface area contributed by atoms with Gasteiger partial charge in [0, 0.05) is 41.7 Å². The van der Waals surface area contributed by atoms with E-state index in [4.69, 9.17) is 28.9 Å². The molecule has 14 nitrogen and oxygen atoms in total. The van der Waals surface area contributed by atoms with Gasteiger partial charge in [-0.05, 0) is 127 Å². The summed E-state index contributed by atoms with van der Waals surface area (Å²) in [7, 11) is 0. The van der Waals surface area contributed by atoms with Crippen LogP contribution in [-0.4, -0.2) is 23.9 Å². The highest BCUT2D eigenvalue weighted by Gasteiger charge is 2.60. The molecule has 0 aliphatic heterocycles. The molecule has 438 valence electrons. The summed E-state index contributed by atoms with van der Waals surface area (Å²) in [5, 5.41) is 3.05. The second-order valence-electron chi connectivity index (χ2n) is 22.5. The lowest BCUT2D eigenvalue weighted by Gasteiger charge is -2.28. The Kier molecular flexibility index (Phi) is 13.6. The molecule has 0 saturated carbocycles. The Hall–Kier alpha value is -11.7. The molecule has 0 amide bonds. The lowest BCUT2D eigenvalue weighted by atomic mass is 9.78. The number of carbonyl (C=O) groups excluding carboxylic acids is 4. The van der Waals surface area contributed by atoms with Crippen molar-refractivity contribution in [2.24, 2.45) is 9.98 Å². The maximum absolute atomic E-state index is 15.7. The summed E-state index contributed by atoms with van der Waals surface area (Å²) >= 11 is 1.30. The zero-order chi connectivity index (χ0) is 62.1. The average molecular weight is 1210 g/mol. The van der Waals surface area contributed by atoms with Gasteiger partial charge in [-0.25, -0.2) is 9.98 Å². The summed E-state index contributed by atoms with van der Waals surface area (Å²) in [5.41, 5.74) is -5.65. The Labute approximate surface area is 519 Å². The molecule has 15 rings (SSSR count). The molecule has 0 fully saturated rings. The molecular weight excluding hydrogens is 1160 g/mol. The lowest BCUT2D eigenvalue weighted by molar-refractivity contribution is -0.166. The van der Waals surface area contributed by atoms with E-state index in [2.05, 4.69) is 0 Å². The molecule has 0 spiro atoms. The normalized spacial score (nSPS) is 13.7. The molecule has 2 aliphatic carbocycles. The predicted octanol–water partition coefficient (Wildman–Crippen LogP) is 11.2. The summed E-state index contributed by atoms with van der Waals surface area (Å²) in [4.78, 5) is 131. The van der Waals surface area contributed by atoms with Gasteiger partial charge in [0.15, 0.2) is 10.7 Å². The molecule has 12 aromatic carbocycles. The molecule has 15 heteroatoms. The van der Waals surface area contributed by atoms with Crippen molar-refractivity contribution < 1.29 is 38.1 Å². The van der Waals surface area contributed by atoms with Crippen molar-refractivity contribution in [2.45, 2.75) is 37.3 Å². The van der Waals surface area contributed by atoms with Crippen molar-refractivity contribution in [3.63, 3.8) is 0 Å². The molecule has 1 heterocycles. The molecule has 1 aromatic heterocycles. The minimum atomic E-state index is -2.61. The molecular formula is C76H46N2O12S. The van der Waals surface area contributed by atoms with Crippen molar-refractivity contribution in [1.82, 2.24) is 0 Å². The van der Waals surface area contributed by atoms with Crippen molar-refractivity contribution in [3.8, 4) is 0 Å². The van der Waals surface area contributed by atoms with Crippen LogP contribution in [-0.2, 0) is 75.4 Å². The number of carbonyl (C=O) groups is 4. The second-order valence-corrected chi connectivity index (χ2v) is 23.6. The summed E-state index contributed by atoms with van der Waals surface area (Å²) in [5.74, 6) is -4.48. The van der Waals surface area contributed by atoms with Crippen LogP contribution >= 0.6 is 11.3 Å². The third kappa shape index (κ3) is 9.23. The Morgan fingerprint density at radius 2 is 0.593 bits per heavy atom. The molecule has 0 radical (unpaired) electrons. The highest BCUT2D eigenvalue weighted by atomic mass is 32.1. The Morgan fingerprint density at radius 3 is 0.868 bits per heavy atom. The van der Waals surface area contributed by atoms with Gasteiger partial charge >= 0.3 is 23.9 Å². The van der Waals surface area contributed by atoms with Crippen LogP contribution in [0.5, 0.6) is 0 Å². The first-order valence-electron chi connectivity index (χ1n) is 29.1. The monoisotopic (exact) mass is 1210 g/mol. The van der Waals surface area contributed by atoms with Gasteiger partial charge in [-0.3, -0.25) is 38.4 Å². The fourth-order valence-corrected chi connectivity index (χ4v) is 13.7. The van der Waals surface area contributed by atoms with Crippen molar-refractivity contribution in [1.29, 1.82) is 0 Å². The molecule has 0 saturated heterocycles. The van der Waals surface area contributed by atoms with E-state index in [0.29, 0.717) is 75.1 Å². The number of rotatable bonds is 14. The van der Waals surface area contributed by atoms with Gasteiger partial charge < -0.3 is 18.9 Å². The molecule has 2 aliphatic rings. The fourth-order valence-electron chi connectivity index (χ4n) is 12.5. The fraction of sp³-hybridized carbons (Fsp3) is 0.0789. The highest BCUT2D eigenvalue weighted by molar-refractivity contribution is 7.25. The van der Waals surface area contributed by atoms with E-state index in [1.54, 1.807) is 170 Å². The van der Waals surface area contributed by atoms with Crippen LogP contribution in [0.4, 0.5) is 0 Å². The van der Waals surface area contributed by atoms with E-state index in [0.717, 1.165) is 0 Å². The van der Waals surface area contributed by atoms with E-state index in [-0.39, 0.29) is 70.5 Å². The summed E-state index contributed by atoms with van der Waals surface area (Å²) in [6, 6.07) is 63.1. The number of fused-ring (bicyclic) bond motifs is 9. The number of esters is 4. The third-order valence-corrected chi connectivity index (χ3v) is 18.2. The van der Waals surface area contributed by atoms with E-state index >= 15 is 19.2 Å². The zero-order valence-electron chi connectivity index (χ0n) is 48.0.